The molecule has 0 unspecified atom stereocenters. The molecular weight excluding hydrogens is 604 g/mol. The van der Waals surface area contributed by atoms with Crippen molar-refractivity contribution in [1.82, 2.24) is 24.3 Å². The number of nitrogens with two attached hydrogens (primary N) is 1. The van der Waals surface area contributed by atoms with Gasteiger partial charge in [0.25, 0.3) is 11.8 Å². The molecule has 0 atom stereocenters. The largest absolute Gasteiger partial charge is 0.382 e. The van der Waals surface area contributed by atoms with Gasteiger partial charge in [-0.15, -0.1) is 0 Å². The quantitative estimate of drug-likeness (QED) is 0.338. The van der Waals surface area contributed by atoms with Crippen molar-refractivity contribution in [1.29, 1.82) is 0 Å². The van der Waals surface area contributed by atoms with Crippen LogP contribution in [-0.2, 0) is 16.4 Å². The van der Waals surface area contributed by atoms with E-state index in [2.05, 4.69) is 32.5 Å². The number of rotatable bonds is 8. The second-order valence-corrected chi connectivity index (χ2v) is 15.1. The second-order valence-electron chi connectivity index (χ2n) is 13.2. The number of piperidine rings is 1. The van der Waals surface area contributed by atoms with Crippen LogP contribution in [0.2, 0.25) is 0 Å². The summed E-state index contributed by atoms with van der Waals surface area (Å²) < 4.78 is 30.4. The summed E-state index contributed by atoms with van der Waals surface area (Å²) in [5.41, 5.74) is 9.99. The fourth-order valence-corrected chi connectivity index (χ4v) is 8.31. The lowest BCUT2D eigenvalue weighted by molar-refractivity contribution is 0.0894. The third kappa shape index (κ3) is 6.23. The maximum atomic E-state index is 13.5. The molecule has 246 valence electrons. The van der Waals surface area contributed by atoms with E-state index >= 15 is 0 Å². The van der Waals surface area contributed by atoms with Crippen LogP contribution in [0, 0.1) is 6.92 Å². The fraction of sp³-hybridized carbons (Fsp3) is 0.485. The first-order valence-electron chi connectivity index (χ1n) is 16.1. The molecule has 3 aliphatic heterocycles. The summed E-state index contributed by atoms with van der Waals surface area (Å²) >= 11 is 0. The lowest BCUT2D eigenvalue weighted by Crippen LogP contribution is -2.49. The van der Waals surface area contributed by atoms with Crippen LogP contribution in [0.25, 0.3) is 5.69 Å². The Bertz CT molecular complexity index is 1740. The zero-order valence-electron chi connectivity index (χ0n) is 27.0. The van der Waals surface area contributed by atoms with Gasteiger partial charge < -0.3 is 26.2 Å². The second kappa shape index (κ2) is 12.3. The molecule has 0 aliphatic carbocycles. The summed E-state index contributed by atoms with van der Waals surface area (Å²) in [7, 11) is -3.64. The molecule has 3 aromatic rings. The molecule has 12 nitrogen and oxygen atoms in total. The van der Waals surface area contributed by atoms with Crippen LogP contribution in [0.4, 0.5) is 11.4 Å². The van der Waals surface area contributed by atoms with E-state index in [1.807, 2.05) is 39.0 Å². The predicted molar refractivity (Wildman–Crippen MR) is 178 cm³/mol. The molecule has 3 aliphatic rings. The van der Waals surface area contributed by atoms with Crippen LogP contribution in [0.15, 0.2) is 47.4 Å². The number of anilines is 2. The van der Waals surface area contributed by atoms with Crippen molar-refractivity contribution < 1.29 is 18.0 Å². The number of carbonyl (C=O) groups excluding carboxylic acids is 2. The number of hydrogen-bond donors (Lipinski definition) is 3. The van der Waals surface area contributed by atoms with Crippen LogP contribution in [0.1, 0.15) is 65.7 Å². The zero-order chi connectivity index (χ0) is 32.8. The molecule has 2 amide bonds. The molecule has 13 heteroatoms. The molecule has 0 bridgehead atoms. The third-order valence-corrected chi connectivity index (χ3v) is 11.3. The first-order valence-corrected chi connectivity index (χ1v) is 17.5. The Hall–Kier alpha value is -3.94. The van der Waals surface area contributed by atoms with Gasteiger partial charge in [-0.1, -0.05) is 6.92 Å². The predicted octanol–water partition coefficient (Wildman–Crippen LogP) is 2.75. The van der Waals surface area contributed by atoms with Gasteiger partial charge in [0.1, 0.15) is 0 Å². The number of aromatic nitrogens is 2. The van der Waals surface area contributed by atoms with Crippen molar-refractivity contribution in [2.45, 2.75) is 63.4 Å². The molecule has 4 N–H and O–H groups in total. The Morgan fingerprint density at radius 1 is 1.02 bits per heavy atom. The highest BCUT2D eigenvalue weighted by Gasteiger charge is 2.35. The topological polar surface area (TPSA) is 146 Å². The molecule has 2 fully saturated rings. The van der Waals surface area contributed by atoms with E-state index in [-0.39, 0.29) is 11.9 Å². The average molecular weight is 649 g/mol. The average Bonchev–Trinajstić information content (AvgIpc) is 3.36. The van der Waals surface area contributed by atoms with Crippen LogP contribution >= 0.6 is 0 Å². The number of nitrogens with zero attached hydrogens (tertiary/aromatic N) is 5. The van der Waals surface area contributed by atoms with Gasteiger partial charge in [0.05, 0.1) is 33.1 Å². The van der Waals surface area contributed by atoms with Gasteiger partial charge in [0.2, 0.25) is 10.0 Å². The Morgan fingerprint density at radius 2 is 1.67 bits per heavy atom. The Morgan fingerprint density at radius 3 is 2.30 bits per heavy atom. The molecule has 0 radical (unpaired) electrons. The zero-order valence-corrected chi connectivity index (χ0v) is 27.9. The normalized spacial score (nSPS) is 19.5. The van der Waals surface area contributed by atoms with Crippen LogP contribution in [0.5, 0.6) is 0 Å². The molecule has 46 heavy (non-hydrogen) atoms. The van der Waals surface area contributed by atoms with Crippen molar-refractivity contribution in [2.75, 3.05) is 56.0 Å². The number of likely N-dealkylation sites (N-methyl/N-ethyl adjacent to an activating group) is 1. The molecule has 1 aromatic heterocycles. The molecule has 4 heterocycles. The summed E-state index contributed by atoms with van der Waals surface area (Å²) in [5, 5.41) is 11.2. The van der Waals surface area contributed by atoms with Crippen LogP contribution in [-0.4, -0.2) is 96.6 Å². The van der Waals surface area contributed by atoms with E-state index < -0.39 is 21.5 Å². The number of primary amides is 1. The summed E-state index contributed by atoms with van der Waals surface area (Å²) in [6.07, 6.45) is 1.72. The van der Waals surface area contributed by atoms with E-state index in [1.54, 1.807) is 28.9 Å². The minimum absolute atomic E-state index is 0.0676. The molecule has 0 saturated carbocycles. The fourth-order valence-electron chi connectivity index (χ4n) is 6.84. The van der Waals surface area contributed by atoms with E-state index in [1.165, 1.54) is 4.31 Å². The van der Waals surface area contributed by atoms with Gasteiger partial charge in [-0.3, -0.25) is 9.59 Å². The van der Waals surface area contributed by atoms with Crippen molar-refractivity contribution >= 4 is 33.2 Å². The number of benzene rings is 2. The van der Waals surface area contributed by atoms with Gasteiger partial charge in [-0.05, 0) is 82.6 Å². The van der Waals surface area contributed by atoms with Crippen molar-refractivity contribution in [3.63, 3.8) is 0 Å². The first kappa shape index (κ1) is 32.0. The minimum atomic E-state index is -3.64. The molecule has 6 rings (SSSR count). The van der Waals surface area contributed by atoms with E-state index in [9.17, 15) is 18.0 Å². The maximum absolute atomic E-state index is 13.5. The highest BCUT2D eigenvalue weighted by atomic mass is 32.2. The Labute approximate surface area is 271 Å². The van der Waals surface area contributed by atoms with E-state index in [0.717, 1.165) is 44.1 Å². The van der Waals surface area contributed by atoms with E-state index in [0.29, 0.717) is 65.4 Å². The SMILES string of the molecule is CCN1CCN(c2ccc(S(=O)(=O)N3CCC(Nc4cc(-n5nc(C)c6c5CC(C)(C)NC6=O)ccc4C(N)=O)CC3)cc2)CC1. The number of fused-ring (bicyclic) bond motifs is 1. The number of sulfonamides is 1. The number of aryl methyl sites for hydroxylation is 1. The minimum Gasteiger partial charge on any atom is -0.382 e. The Kier molecular flexibility index (Phi) is 8.59. The molecule has 2 saturated heterocycles. The maximum Gasteiger partial charge on any atom is 0.255 e. The molecule has 2 aromatic carbocycles. The van der Waals surface area contributed by atoms with Gasteiger partial charge >= 0.3 is 0 Å². The number of piperazine rings is 1. The lowest BCUT2D eigenvalue weighted by Gasteiger charge is -2.35. The van der Waals surface area contributed by atoms with Crippen LogP contribution in [0.3, 0.4) is 0 Å². The summed E-state index contributed by atoms with van der Waals surface area (Å²) in [6, 6.07) is 12.5. The summed E-state index contributed by atoms with van der Waals surface area (Å²) in [4.78, 5) is 30.2. The van der Waals surface area contributed by atoms with Crippen LogP contribution < -0.4 is 21.3 Å². The summed E-state index contributed by atoms with van der Waals surface area (Å²) in [6.45, 7) is 13.5. The lowest BCUT2D eigenvalue weighted by atomic mass is 9.90. The molecular formula is C33H44N8O4S. The molecule has 0 spiro atoms. The smallest absolute Gasteiger partial charge is 0.255 e. The van der Waals surface area contributed by atoms with Crippen molar-refractivity contribution in [2.24, 2.45) is 5.73 Å². The van der Waals surface area contributed by atoms with Crippen molar-refractivity contribution in [3.8, 4) is 5.69 Å². The monoisotopic (exact) mass is 648 g/mol. The number of nitrogens with one attached hydrogen (secondary N) is 2. The number of hydrogen-bond acceptors (Lipinski definition) is 8. The van der Waals surface area contributed by atoms with Crippen molar-refractivity contribution in [3.05, 3.63) is 65.0 Å². The first-order chi connectivity index (χ1) is 21.9. The van der Waals surface area contributed by atoms with Gasteiger partial charge in [-0.25, -0.2) is 13.1 Å². The Balaban J connectivity index is 1.15. The van der Waals surface area contributed by atoms with Gasteiger partial charge in [0, 0.05) is 68.6 Å². The summed E-state index contributed by atoms with van der Waals surface area (Å²) in [5.74, 6) is -0.714. The number of carbonyl (C=O) groups is 2. The van der Waals surface area contributed by atoms with E-state index in [4.69, 9.17) is 5.73 Å². The number of amides is 2. The highest BCUT2D eigenvalue weighted by Crippen LogP contribution is 2.31. The van der Waals surface area contributed by atoms with Gasteiger partial charge in [0.15, 0.2) is 0 Å². The third-order valence-electron chi connectivity index (χ3n) is 9.43. The highest BCUT2D eigenvalue weighted by molar-refractivity contribution is 7.89. The van der Waals surface area contributed by atoms with Gasteiger partial charge in [-0.2, -0.15) is 9.40 Å². The standard InChI is InChI=1S/C33H44N8O4S/c1-5-38-16-18-39(19-17-38)24-6-9-26(10-7-24)46(44,45)40-14-12-23(13-15-40)35-28-20-25(8-11-27(28)31(34)42)41-29-21-33(3,4)36-32(43)30(29)22(2)37-41/h6-11,20,23,35H,5,12-19,21H2,1-4H3,(H2,34,42)(H,36,43).